The van der Waals surface area contributed by atoms with Gasteiger partial charge in [0.1, 0.15) is 12.1 Å². The van der Waals surface area contributed by atoms with Crippen LogP contribution in [0.3, 0.4) is 0 Å². The molecule has 0 unspecified atom stereocenters. The predicted octanol–water partition coefficient (Wildman–Crippen LogP) is 3.21. The summed E-state index contributed by atoms with van der Waals surface area (Å²) in [6.45, 7) is 0.478. The standard InChI is InChI=1S/C22H22N6O2S/c1-26(13-17-12-24-28(14-17)18-8-4-3-5-9-18)21(29)15-31-22-25-23-16-27(22)19-10-6-7-11-20(19)30-2/h3-12,14,16H,13,15H2,1-2H3. The Labute approximate surface area is 184 Å². The Kier molecular flexibility index (Phi) is 6.32. The van der Waals surface area contributed by atoms with E-state index >= 15 is 0 Å². The third-order valence-electron chi connectivity index (χ3n) is 4.69. The number of carbonyl (C=O) groups excluding carboxylic acids is 1. The van der Waals surface area contributed by atoms with E-state index in [4.69, 9.17) is 4.74 Å². The smallest absolute Gasteiger partial charge is 0.233 e. The zero-order chi connectivity index (χ0) is 21.6. The average molecular weight is 435 g/mol. The molecule has 8 nitrogen and oxygen atoms in total. The third-order valence-corrected chi connectivity index (χ3v) is 5.62. The highest BCUT2D eigenvalue weighted by atomic mass is 32.2. The number of thioether (sulfide) groups is 1. The van der Waals surface area contributed by atoms with Crippen LogP contribution >= 0.6 is 11.8 Å². The quantitative estimate of drug-likeness (QED) is 0.396. The number of rotatable bonds is 8. The Balaban J connectivity index is 1.38. The number of amides is 1. The van der Waals surface area contributed by atoms with E-state index in [2.05, 4.69) is 15.3 Å². The lowest BCUT2D eigenvalue weighted by molar-refractivity contribution is -0.127. The van der Waals surface area contributed by atoms with Gasteiger partial charge in [-0.2, -0.15) is 5.10 Å². The third kappa shape index (κ3) is 4.77. The fraction of sp³-hybridized carbons (Fsp3) is 0.182. The Bertz CT molecular complexity index is 1160. The van der Waals surface area contributed by atoms with Gasteiger partial charge in [-0.15, -0.1) is 10.2 Å². The minimum absolute atomic E-state index is 0.00737. The summed E-state index contributed by atoms with van der Waals surface area (Å²) in [6.07, 6.45) is 5.33. The van der Waals surface area contributed by atoms with Gasteiger partial charge >= 0.3 is 0 Å². The molecule has 0 aliphatic heterocycles. The van der Waals surface area contributed by atoms with Crippen molar-refractivity contribution in [1.82, 2.24) is 29.4 Å². The molecule has 9 heteroatoms. The number of ether oxygens (including phenoxy) is 1. The first kappa shape index (κ1) is 20.7. The van der Waals surface area contributed by atoms with Crippen molar-refractivity contribution in [3.63, 3.8) is 0 Å². The minimum atomic E-state index is -0.00737. The van der Waals surface area contributed by atoms with Crippen molar-refractivity contribution in [2.75, 3.05) is 19.9 Å². The monoisotopic (exact) mass is 434 g/mol. The van der Waals surface area contributed by atoms with Gasteiger partial charge in [-0.05, 0) is 24.3 Å². The second kappa shape index (κ2) is 9.48. The van der Waals surface area contributed by atoms with Crippen molar-refractivity contribution in [1.29, 1.82) is 0 Å². The normalized spacial score (nSPS) is 10.8. The molecule has 0 saturated heterocycles. The second-order valence-electron chi connectivity index (χ2n) is 6.82. The predicted molar refractivity (Wildman–Crippen MR) is 119 cm³/mol. The van der Waals surface area contributed by atoms with Crippen molar-refractivity contribution in [2.45, 2.75) is 11.7 Å². The summed E-state index contributed by atoms with van der Waals surface area (Å²) >= 11 is 1.34. The van der Waals surface area contributed by atoms with Crippen LogP contribution < -0.4 is 4.74 Å². The van der Waals surface area contributed by atoms with Gasteiger partial charge in [0, 0.05) is 25.4 Å². The fourth-order valence-corrected chi connectivity index (χ4v) is 3.94. The highest BCUT2D eigenvalue weighted by Crippen LogP contribution is 2.26. The van der Waals surface area contributed by atoms with E-state index in [0.29, 0.717) is 17.5 Å². The molecule has 4 rings (SSSR count). The summed E-state index contributed by atoms with van der Waals surface area (Å²) in [6, 6.07) is 17.5. The molecule has 0 fully saturated rings. The minimum Gasteiger partial charge on any atom is -0.495 e. The Morgan fingerprint density at radius 2 is 1.90 bits per heavy atom. The van der Waals surface area contributed by atoms with Crippen LogP contribution in [-0.2, 0) is 11.3 Å². The van der Waals surface area contributed by atoms with E-state index in [1.165, 1.54) is 11.8 Å². The molecule has 0 bridgehead atoms. The van der Waals surface area contributed by atoms with E-state index in [1.54, 1.807) is 36.3 Å². The summed E-state index contributed by atoms with van der Waals surface area (Å²) < 4.78 is 9.04. The number of methoxy groups -OCH3 is 1. The molecular formula is C22H22N6O2S. The second-order valence-corrected chi connectivity index (χ2v) is 7.77. The first-order valence-corrected chi connectivity index (χ1v) is 10.6. The molecule has 31 heavy (non-hydrogen) atoms. The van der Waals surface area contributed by atoms with E-state index in [1.807, 2.05) is 65.4 Å². The molecule has 0 aliphatic carbocycles. The number of para-hydroxylation sites is 3. The lowest BCUT2D eigenvalue weighted by Gasteiger charge is -2.16. The van der Waals surface area contributed by atoms with Crippen molar-refractivity contribution >= 4 is 17.7 Å². The number of carbonyl (C=O) groups is 1. The van der Waals surface area contributed by atoms with Crippen LogP contribution in [-0.4, -0.2) is 55.3 Å². The van der Waals surface area contributed by atoms with Gasteiger partial charge in [-0.1, -0.05) is 42.1 Å². The Morgan fingerprint density at radius 3 is 2.71 bits per heavy atom. The maximum Gasteiger partial charge on any atom is 0.233 e. The Hall–Kier alpha value is -3.59. The molecule has 0 radical (unpaired) electrons. The van der Waals surface area contributed by atoms with Gasteiger partial charge in [0.2, 0.25) is 5.91 Å². The topological polar surface area (TPSA) is 78.1 Å². The molecule has 4 aromatic rings. The lowest BCUT2D eigenvalue weighted by Crippen LogP contribution is -2.27. The molecule has 0 atom stereocenters. The zero-order valence-corrected chi connectivity index (χ0v) is 18.1. The highest BCUT2D eigenvalue weighted by molar-refractivity contribution is 7.99. The molecule has 0 N–H and O–H groups in total. The van der Waals surface area contributed by atoms with Gasteiger partial charge in [-0.25, -0.2) is 4.68 Å². The molecular weight excluding hydrogens is 412 g/mol. The Morgan fingerprint density at radius 1 is 1.13 bits per heavy atom. The largest absolute Gasteiger partial charge is 0.495 e. The summed E-state index contributed by atoms with van der Waals surface area (Å²) in [5.74, 6) is 0.951. The van der Waals surface area contributed by atoms with Crippen LogP contribution in [0.4, 0.5) is 0 Å². The maximum absolute atomic E-state index is 12.7. The molecule has 1 amide bonds. The van der Waals surface area contributed by atoms with Crippen molar-refractivity contribution < 1.29 is 9.53 Å². The molecule has 2 heterocycles. The van der Waals surface area contributed by atoms with Crippen LogP contribution in [0.15, 0.2) is 78.5 Å². The highest BCUT2D eigenvalue weighted by Gasteiger charge is 2.16. The van der Waals surface area contributed by atoms with Crippen LogP contribution in [0.1, 0.15) is 5.56 Å². The van der Waals surface area contributed by atoms with Gasteiger partial charge in [0.05, 0.1) is 30.4 Å². The number of nitrogens with zero attached hydrogens (tertiary/aromatic N) is 6. The van der Waals surface area contributed by atoms with E-state index in [9.17, 15) is 4.79 Å². The number of benzene rings is 2. The van der Waals surface area contributed by atoms with Crippen molar-refractivity contribution in [2.24, 2.45) is 0 Å². The van der Waals surface area contributed by atoms with E-state index in [-0.39, 0.29) is 11.7 Å². The summed E-state index contributed by atoms with van der Waals surface area (Å²) in [5, 5.41) is 13.2. The molecule has 0 aliphatic rings. The van der Waals surface area contributed by atoms with Crippen LogP contribution in [0, 0.1) is 0 Å². The zero-order valence-electron chi connectivity index (χ0n) is 17.3. The first-order chi connectivity index (χ1) is 15.2. The number of hydrogen-bond donors (Lipinski definition) is 0. The van der Waals surface area contributed by atoms with E-state index in [0.717, 1.165) is 16.9 Å². The van der Waals surface area contributed by atoms with Crippen LogP contribution in [0.5, 0.6) is 5.75 Å². The van der Waals surface area contributed by atoms with Gasteiger partial charge in [0.15, 0.2) is 5.16 Å². The van der Waals surface area contributed by atoms with Gasteiger partial charge in [0.25, 0.3) is 0 Å². The van der Waals surface area contributed by atoms with Crippen molar-refractivity contribution in [3.05, 3.63) is 78.9 Å². The molecule has 2 aromatic heterocycles. The maximum atomic E-state index is 12.7. The van der Waals surface area contributed by atoms with Gasteiger partial charge in [-0.3, -0.25) is 9.36 Å². The average Bonchev–Trinajstić information content (AvgIpc) is 3.47. The van der Waals surface area contributed by atoms with Crippen LogP contribution in [0.25, 0.3) is 11.4 Å². The van der Waals surface area contributed by atoms with Crippen LogP contribution in [0.2, 0.25) is 0 Å². The number of aromatic nitrogens is 5. The summed E-state index contributed by atoms with van der Waals surface area (Å²) in [4.78, 5) is 14.4. The number of hydrogen-bond acceptors (Lipinski definition) is 6. The summed E-state index contributed by atoms with van der Waals surface area (Å²) in [7, 11) is 3.40. The van der Waals surface area contributed by atoms with E-state index < -0.39 is 0 Å². The lowest BCUT2D eigenvalue weighted by atomic mass is 10.3. The molecule has 0 saturated carbocycles. The molecule has 158 valence electrons. The SMILES string of the molecule is COc1ccccc1-n1cnnc1SCC(=O)N(C)Cc1cnn(-c2ccccc2)c1. The fourth-order valence-electron chi connectivity index (χ4n) is 3.08. The molecule has 2 aromatic carbocycles. The summed E-state index contributed by atoms with van der Waals surface area (Å²) in [5.41, 5.74) is 2.77. The van der Waals surface area contributed by atoms with Gasteiger partial charge < -0.3 is 9.64 Å². The first-order valence-electron chi connectivity index (χ1n) is 9.65. The molecule has 0 spiro atoms. The van der Waals surface area contributed by atoms with Crippen molar-refractivity contribution in [3.8, 4) is 17.1 Å².